The van der Waals surface area contributed by atoms with Crippen LogP contribution in [-0.4, -0.2) is 27.1 Å². The molecule has 0 aliphatic heterocycles. The third-order valence-electron chi connectivity index (χ3n) is 3.85. The van der Waals surface area contributed by atoms with E-state index >= 15 is 0 Å². The fourth-order valence-electron chi connectivity index (χ4n) is 3.38. The monoisotopic (exact) mass is 298 g/mol. The average Bonchev–Trinajstić information content (AvgIpc) is 2.87. The molecule has 2 bridgehead atoms. The summed E-state index contributed by atoms with van der Waals surface area (Å²) in [6.07, 6.45) is 5.33. The van der Waals surface area contributed by atoms with Crippen molar-refractivity contribution in [3.8, 4) is 0 Å². The molecule has 0 radical (unpaired) electrons. The van der Waals surface area contributed by atoms with E-state index < -0.39 is 8.80 Å². The molecular weight excluding hydrogens is 268 g/mol. The van der Waals surface area contributed by atoms with Gasteiger partial charge >= 0.3 is 8.80 Å². The zero-order chi connectivity index (χ0) is 14.9. The van der Waals surface area contributed by atoms with Gasteiger partial charge in [0.1, 0.15) is 0 Å². The van der Waals surface area contributed by atoms with Gasteiger partial charge in [-0.3, -0.25) is 0 Å². The van der Waals surface area contributed by atoms with E-state index in [4.69, 9.17) is 13.3 Å². The molecule has 0 aromatic carbocycles. The second kappa shape index (κ2) is 6.30. The highest BCUT2D eigenvalue weighted by atomic mass is 28.4. The predicted octanol–water partition coefficient (Wildman–Crippen LogP) is 4.24. The van der Waals surface area contributed by atoms with E-state index in [2.05, 4.69) is 41.5 Å². The van der Waals surface area contributed by atoms with Crippen LogP contribution in [0.2, 0.25) is 0 Å². The van der Waals surface area contributed by atoms with Crippen LogP contribution < -0.4 is 0 Å². The molecule has 2 rings (SSSR count). The molecule has 0 heterocycles. The molecule has 0 amide bonds. The van der Waals surface area contributed by atoms with E-state index in [1.807, 2.05) is 0 Å². The zero-order valence-corrected chi connectivity index (χ0v) is 14.9. The molecule has 0 saturated heterocycles. The van der Waals surface area contributed by atoms with Crippen molar-refractivity contribution in [3.05, 3.63) is 10.8 Å². The summed E-state index contributed by atoms with van der Waals surface area (Å²) in [6.45, 7) is 12.5. The minimum absolute atomic E-state index is 0.131. The van der Waals surface area contributed by atoms with Gasteiger partial charge in [-0.1, -0.05) is 5.57 Å². The minimum atomic E-state index is -2.73. The van der Waals surface area contributed by atoms with Crippen LogP contribution >= 0.6 is 0 Å². The number of rotatable bonds is 7. The van der Waals surface area contributed by atoms with E-state index in [1.165, 1.54) is 24.5 Å². The number of allylic oxidation sites excluding steroid dienone is 2. The van der Waals surface area contributed by atoms with E-state index in [0.717, 1.165) is 12.3 Å². The van der Waals surface area contributed by atoms with Gasteiger partial charge in [0.05, 0.1) is 0 Å². The van der Waals surface area contributed by atoms with Crippen LogP contribution in [0.15, 0.2) is 10.8 Å². The third-order valence-corrected chi connectivity index (χ3v) is 7.49. The fraction of sp³-hybridized carbons (Fsp3) is 0.875. The van der Waals surface area contributed by atoms with Crippen molar-refractivity contribution in [2.45, 2.75) is 85.5 Å². The van der Waals surface area contributed by atoms with E-state index in [1.54, 1.807) is 5.57 Å². The molecule has 20 heavy (non-hydrogen) atoms. The lowest BCUT2D eigenvalue weighted by Crippen LogP contribution is -2.53. The Labute approximate surface area is 125 Å². The normalized spacial score (nSPS) is 22.9. The molecule has 1 fully saturated rings. The van der Waals surface area contributed by atoms with Gasteiger partial charge in [-0.2, -0.15) is 0 Å². The van der Waals surface area contributed by atoms with Crippen LogP contribution in [0.1, 0.15) is 67.2 Å². The van der Waals surface area contributed by atoms with Crippen LogP contribution in [-0.2, 0) is 13.3 Å². The highest BCUT2D eigenvalue weighted by Gasteiger charge is 2.53. The topological polar surface area (TPSA) is 27.7 Å². The molecule has 1 atom stereocenters. The SMILES string of the molecule is CC(C)O[Si](OC(C)C)(OC(C)C)C1=C2CCC(C2)C1. The highest BCUT2D eigenvalue weighted by Crippen LogP contribution is 2.48. The largest absolute Gasteiger partial charge is 0.533 e. The third kappa shape index (κ3) is 3.53. The first-order valence-corrected chi connectivity index (χ1v) is 9.79. The molecule has 3 nitrogen and oxygen atoms in total. The van der Waals surface area contributed by atoms with Crippen molar-refractivity contribution in [2.75, 3.05) is 0 Å². The molecule has 2 aliphatic rings. The number of hydrogen-bond donors (Lipinski definition) is 0. The minimum Gasteiger partial charge on any atom is -0.368 e. The Morgan fingerprint density at radius 2 is 1.35 bits per heavy atom. The second-order valence-corrected chi connectivity index (χ2v) is 9.37. The molecule has 1 unspecified atom stereocenters. The van der Waals surface area contributed by atoms with Gasteiger partial charge in [0.25, 0.3) is 0 Å². The van der Waals surface area contributed by atoms with Crippen molar-refractivity contribution >= 4 is 8.80 Å². The molecule has 116 valence electrons. The fourth-order valence-corrected chi connectivity index (χ4v) is 7.04. The van der Waals surface area contributed by atoms with Gasteiger partial charge in [0, 0.05) is 18.3 Å². The first kappa shape index (κ1) is 16.2. The van der Waals surface area contributed by atoms with Crippen LogP contribution in [0.4, 0.5) is 0 Å². The summed E-state index contributed by atoms with van der Waals surface area (Å²) in [5.74, 6) is 0.814. The molecule has 4 heteroatoms. The van der Waals surface area contributed by atoms with Crippen molar-refractivity contribution in [1.82, 2.24) is 0 Å². The Bertz CT molecular complexity index is 347. The van der Waals surface area contributed by atoms with Crippen molar-refractivity contribution in [2.24, 2.45) is 5.92 Å². The Morgan fingerprint density at radius 3 is 1.65 bits per heavy atom. The van der Waals surface area contributed by atoms with Gasteiger partial charge in [0.2, 0.25) is 0 Å². The van der Waals surface area contributed by atoms with Gasteiger partial charge in [0.15, 0.2) is 0 Å². The van der Waals surface area contributed by atoms with Crippen molar-refractivity contribution < 1.29 is 13.3 Å². The number of hydrogen-bond acceptors (Lipinski definition) is 3. The van der Waals surface area contributed by atoms with Crippen LogP contribution in [0.5, 0.6) is 0 Å². The van der Waals surface area contributed by atoms with Crippen LogP contribution in [0.25, 0.3) is 0 Å². The molecule has 1 saturated carbocycles. The maximum Gasteiger partial charge on any atom is 0.533 e. The Morgan fingerprint density at radius 1 is 0.850 bits per heavy atom. The summed E-state index contributed by atoms with van der Waals surface area (Å²) in [6, 6.07) is 0. The van der Waals surface area contributed by atoms with Gasteiger partial charge < -0.3 is 13.3 Å². The Balaban J connectivity index is 2.34. The number of fused-ring (bicyclic) bond motifs is 2. The quantitative estimate of drug-likeness (QED) is 0.658. The smallest absolute Gasteiger partial charge is 0.368 e. The summed E-state index contributed by atoms with van der Waals surface area (Å²) < 4.78 is 19.0. The van der Waals surface area contributed by atoms with Gasteiger partial charge in [-0.05, 0) is 78.3 Å². The van der Waals surface area contributed by atoms with Gasteiger partial charge in [-0.25, -0.2) is 0 Å². The molecule has 0 N–H and O–H groups in total. The summed E-state index contributed by atoms with van der Waals surface area (Å²) in [4.78, 5) is 0. The van der Waals surface area contributed by atoms with E-state index in [0.29, 0.717) is 0 Å². The summed E-state index contributed by atoms with van der Waals surface area (Å²) in [7, 11) is -2.73. The first-order valence-electron chi connectivity index (χ1n) is 8.07. The van der Waals surface area contributed by atoms with Crippen molar-refractivity contribution in [3.63, 3.8) is 0 Å². The Hall–Kier alpha value is -0.163. The maximum absolute atomic E-state index is 6.33. The molecule has 0 aromatic rings. The van der Waals surface area contributed by atoms with Crippen LogP contribution in [0, 0.1) is 5.92 Å². The predicted molar refractivity (Wildman–Crippen MR) is 83.4 cm³/mol. The average molecular weight is 298 g/mol. The van der Waals surface area contributed by atoms with Crippen LogP contribution in [0.3, 0.4) is 0 Å². The summed E-state index contributed by atoms with van der Waals surface area (Å²) in [5, 5.41) is 1.41. The molecule has 0 spiro atoms. The summed E-state index contributed by atoms with van der Waals surface area (Å²) >= 11 is 0. The maximum atomic E-state index is 6.33. The highest BCUT2D eigenvalue weighted by molar-refractivity contribution is 6.69. The molecular formula is C16H30O3Si. The molecule has 0 aromatic heterocycles. The lowest BCUT2D eigenvalue weighted by atomic mass is 10.1. The van der Waals surface area contributed by atoms with E-state index in [9.17, 15) is 0 Å². The van der Waals surface area contributed by atoms with E-state index in [-0.39, 0.29) is 18.3 Å². The van der Waals surface area contributed by atoms with Crippen molar-refractivity contribution in [1.29, 1.82) is 0 Å². The first-order chi connectivity index (χ1) is 9.32. The standard InChI is InChI=1S/C16H30O3Si/c1-11(2)17-20(18-12(3)4,19-13(5)6)16-10-14-7-8-15(16)9-14/h11-14H,7-10H2,1-6H3. The lowest BCUT2D eigenvalue weighted by molar-refractivity contribution is 0.00990. The zero-order valence-electron chi connectivity index (χ0n) is 13.9. The summed E-state index contributed by atoms with van der Waals surface area (Å²) in [5.41, 5.74) is 1.57. The lowest BCUT2D eigenvalue weighted by Gasteiger charge is -2.37. The second-order valence-electron chi connectivity index (χ2n) is 6.95. The molecule has 2 aliphatic carbocycles. The Kier molecular flexibility index (Phi) is 5.11. The van der Waals surface area contributed by atoms with Gasteiger partial charge in [-0.15, -0.1) is 0 Å².